The van der Waals surface area contributed by atoms with Crippen LogP contribution in [-0.2, 0) is 6.54 Å². The van der Waals surface area contributed by atoms with Crippen LogP contribution in [0.5, 0.6) is 0 Å². The van der Waals surface area contributed by atoms with Gasteiger partial charge in [-0.2, -0.15) is 0 Å². The molecule has 1 fully saturated rings. The van der Waals surface area contributed by atoms with Gasteiger partial charge in [0.15, 0.2) is 5.76 Å². The van der Waals surface area contributed by atoms with Crippen LogP contribution in [0, 0.1) is 6.92 Å². The molecule has 1 saturated heterocycles. The number of nitrogen functional groups attached to an aromatic ring is 1. The van der Waals surface area contributed by atoms with Gasteiger partial charge in [-0.15, -0.1) is 11.3 Å². The summed E-state index contributed by atoms with van der Waals surface area (Å²) in [5.74, 6) is 0.510. The van der Waals surface area contributed by atoms with Crippen molar-refractivity contribution >= 4 is 45.4 Å². The largest absolute Gasteiger partial charge is 0.396 e. The summed E-state index contributed by atoms with van der Waals surface area (Å²) in [4.78, 5) is 16.9. The number of carbonyl (C=O) groups is 1. The first-order valence-electron chi connectivity index (χ1n) is 11.9. The van der Waals surface area contributed by atoms with E-state index in [-0.39, 0.29) is 11.9 Å². The highest BCUT2D eigenvalue weighted by Crippen LogP contribution is 2.34. The number of carbonyl (C=O) groups excluding carboxylic acids is 1. The van der Waals surface area contributed by atoms with Crippen molar-refractivity contribution in [3.63, 3.8) is 0 Å². The number of piperidine rings is 1. The summed E-state index contributed by atoms with van der Waals surface area (Å²) in [6, 6.07) is 12.3. The first-order valence-corrected chi connectivity index (χ1v) is 13.1. The molecule has 9 heteroatoms. The maximum Gasteiger partial charge on any atom is 0.270 e. The van der Waals surface area contributed by atoms with E-state index in [0.717, 1.165) is 47.3 Å². The number of rotatable bonds is 6. The number of fused-ring (bicyclic) bond motifs is 1. The second-order valence-corrected chi connectivity index (χ2v) is 11.2. The Morgan fingerprint density at radius 1 is 1.29 bits per heavy atom. The van der Waals surface area contributed by atoms with E-state index in [1.807, 2.05) is 47.9 Å². The summed E-state index contributed by atoms with van der Waals surface area (Å²) in [7, 11) is 0. The SMILES string of the molecule is Cc1cccc2c(N)c(C(=O)NC3CCN(C(C)C)CC3)n(Cc3cc(-c4ccc(Cl)s4)on3)c12. The molecule has 7 nitrogen and oxygen atoms in total. The average molecular weight is 512 g/mol. The number of aromatic nitrogens is 2. The first-order chi connectivity index (χ1) is 16.8. The van der Waals surface area contributed by atoms with Gasteiger partial charge < -0.3 is 25.0 Å². The van der Waals surface area contributed by atoms with Crippen molar-refractivity contribution in [1.82, 2.24) is 19.9 Å². The second-order valence-electron chi connectivity index (χ2n) is 9.48. The van der Waals surface area contributed by atoms with Crippen molar-refractivity contribution in [3.8, 4) is 10.6 Å². The molecule has 0 spiro atoms. The molecule has 3 N–H and O–H groups in total. The number of hydrogen-bond acceptors (Lipinski definition) is 6. The Kier molecular flexibility index (Phi) is 6.61. The highest BCUT2D eigenvalue weighted by molar-refractivity contribution is 7.19. The number of halogens is 1. The fourth-order valence-corrected chi connectivity index (χ4v) is 5.94. The van der Waals surface area contributed by atoms with Gasteiger partial charge in [0.05, 0.1) is 27.0 Å². The molecule has 0 bridgehead atoms. The zero-order valence-electron chi connectivity index (χ0n) is 20.2. The van der Waals surface area contributed by atoms with E-state index < -0.39 is 0 Å². The predicted molar refractivity (Wildman–Crippen MR) is 142 cm³/mol. The van der Waals surface area contributed by atoms with E-state index in [1.54, 1.807) is 0 Å². The van der Waals surface area contributed by atoms with E-state index >= 15 is 0 Å². The van der Waals surface area contributed by atoms with E-state index in [2.05, 4.69) is 29.2 Å². The molecular formula is C26H30ClN5O2S. The molecule has 4 heterocycles. The summed E-state index contributed by atoms with van der Waals surface area (Å²) in [6.07, 6.45) is 1.86. The maximum atomic E-state index is 13.6. The minimum absolute atomic E-state index is 0.131. The maximum absolute atomic E-state index is 13.6. The Balaban J connectivity index is 1.46. The number of aryl methyl sites for hydroxylation is 1. The van der Waals surface area contributed by atoms with Crippen LogP contribution in [-0.4, -0.2) is 45.7 Å². The molecule has 0 saturated carbocycles. The Labute approximate surface area is 213 Å². The molecule has 1 aliphatic rings. The number of nitrogens with one attached hydrogen (secondary N) is 1. The number of thiophene rings is 1. The van der Waals surface area contributed by atoms with Crippen molar-refractivity contribution in [3.05, 3.63) is 57.7 Å². The van der Waals surface area contributed by atoms with Crippen LogP contribution in [0.2, 0.25) is 4.34 Å². The third-order valence-corrected chi connectivity index (χ3v) is 8.07. The average Bonchev–Trinajstić information content (AvgIpc) is 3.53. The third kappa shape index (κ3) is 4.70. The normalized spacial score (nSPS) is 15.3. The summed E-state index contributed by atoms with van der Waals surface area (Å²) < 4.78 is 8.25. The fraction of sp³-hybridized carbons (Fsp3) is 0.385. The highest BCUT2D eigenvalue weighted by Gasteiger charge is 2.27. The van der Waals surface area contributed by atoms with Crippen molar-refractivity contribution < 1.29 is 9.32 Å². The molecule has 0 unspecified atom stereocenters. The van der Waals surface area contributed by atoms with Crippen molar-refractivity contribution in [2.24, 2.45) is 0 Å². The minimum Gasteiger partial charge on any atom is -0.396 e. The number of benzene rings is 1. The van der Waals surface area contributed by atoms with Gasteiger partial charge >= 0.3 is 0 Å². The topological polar surface area (TPSA) is 89.3 Å². The van der Waals surface area contributed by atoms with E-state index in [9.17, 15) is 4.79 Å². The van der Waals surface area contributed by atoms with Crippen LogP contribution >= 0.6 is 22.9 Å². The van der Waals surface area contributed by atoms with Gasteiger partial charge in [-0.25, -0.2) is 0 Å². The van der Waals surface area contributed by atoms with Gasteiger partial charge in [-0.05, 0) is 51.3 Å². The van der Waals surface area contributed by atoms with Crippen LogP contribution in [0.4, 0.5) is 5.69 Å². The highest BCUT2D eigenvalue weighted by atomic mass is 35.5. The van der Waals surface area contributed by atoms with Gasteiger partial charge in [-0.3, -0.25) is 4.79 Å². The predicted octanol–water partition coefficient (Wildman–Crippen LogP) is 5.55. The number of anilines is 1. The summed E-state index contributed by atoms with van der Waals surface area (Å²) >= 11 is 7.52. The Bertz CT molecular complexity index is 1360. The van der Waals surface area contributed by atoms with E-state index in [0.29, 0.717) is 39.8 Å². The summed E-state index contributed by atoms with van der Waals surface area (Å²) in [5.41, 5.74) is 10.3. The van der Waals surface area contributed by atoms with Crippen molar-refractivity contribution in [2.45, 2.75) is 52.2 Å². The van der Waals surface area contributed by atoms with Gasteiger partial charge in [0.1, 0.15) is 11.4 Å². The van der Waals surface area contributed by atoms with E-state index in [1.165, 1.54) is 11.3 Å². The number of likely N-dealkylation sites (tertiary alicyclic amines) is 1. The van der Waals surface area contributed by atoms with Crippen LogP contribution < -0.4 is 11.1 Å². The van der Waals surface area contributed by atoms with Gasteiger partial charge in [0, 0.05) is 36.6 Å². The molecule has 184 valence electrons. The monoisotopic (exact) mass is 511 g/mol. The number of hydrogen-bond donors (Lipinski definition) is 2. The molecule has 5 rings (SSSR count). The second kappa shape index (κ2) is 9.68. The molecule has 0 aliphatic carbocycles. The van der Waals surface area contributed by atoms with Crippen LogP contribution in [0.25, 0.3) is 21.5 Å². The lowest BCUT2D eigenvalue weighted by atomic mass is 10.0. The zero-order valence-corrected chi connectivity index (χ0v) is 21.7. The molecule has 3 aromatic heterocycles. The van der Waals surface area contributed by atoms with Gasteiger partial charge in [0.25, 0.3) is 5.91 Å². The molecule has 0 atom stereocenters. The van der Waals surface area contributed by atoms with Gasteiger partial charge in [0.2, 0.25) is 0 Å². The number of nitrogens with zero attached hydrogens (tertiary/aromatic N) is 3. The number of amides is 1. The lowest BCUT2D eigenvalue weighted by molar-refractivity contribution is 0.0893. The number of para-hydroxylation sites is 1. The standard InChI is InChI=1S/C26H30ClN5O2S/c1-15(2)31-11-9-17(10-12-31)29-26(33)25-23(28)19-6-4-5-16(3)24(19)32(25)14-18-13-20(34-30-18)21-7-8-22(27)35-21/h4-8,13,15,17H,9-12,14,28H2,1-3H3,(H,29,33). The van der Waals surface area contributed by atoms with Crippen molar-refractivity contribution in [1.29, 1.82) is 0 Å². The Morgan fingerprint density at radius 2 is 2.06 bits per heavy atom. The fourth-order valence-electron chi connectivity index (χ4n) is 4.95. The molecule has 0 radical (unpaired) electrons. The molecular weight excluding hydrogens is 482 g/mol. The van der Waals surface area contributed by atoms with Crippen LogP contribution in [0.1, 0.15) is 48.4 Å². The minimum atomic E-state index is -0.144. The van der Waals surface area contributed by atoms with Crippen LogP contribution in [0.15, 0.2) is 40.9 Å². The van der Waals surface area contributed by atoms with Gasteiger partial charge in [-0.1, -0.05) is 35.0 Å². The lowest BCUT2D eigenvalue weighted by Gasteiger charge is -2.34. The summed E-state index contributed by atoms with van der Waals surface area (Å²) in [6.45, 7) is 8.79. The molecule has 1 aliphatic heterocycles. The first kappa shape index (κ1) is 23.9. The Morgan fingerprint density at radius 3 is 2.74 bits per heavy atom. The van der Waals surface area contributed by atoms with Crippen molar-refractivity contribution in [2.75, 3.05) is 18.8 Å². The zero-order chi connectivity index (χ0) is 24.7. The lowest BCUT2D eigenvalue weighted by Crippen LogP contribution is -2.47. The van der Waals surface area contributed by atoms with Crippen LogP contribution in [0.3, 0.4) is 0 Å². The smallest absolute Gasteiger partial charge is 0.270 e. The Hall–Kier alpha value is -2.81. The summed E-state index contributed by atoms with van der Waals surface area (Å²) in [5, 5.41) is 8.40. The number of nitrogens with two attached hydrogens (primary N) is 1. The quantitative estimate of drug-likeness (QED) is 0.354. The van der Waals surface area contributed by atoms with E-state index in [4.69, 9.17) is 21.9 Å². The molecule has 1 amide bonds. The molecule has 4 aromatic rings. The molecule has 35 heavy (non-hydrogen) atoms. The molecule has 1 aromatic carbocycles. The third-order valence-electron chi connectivity index (χ3n) is 6.83.